The predicted octanol–water partition coefficient (Wildman–Crippen LogP) is 0.939. The van der Waals surface area contributed by atoms with Gasteiger partial charge in [0.25, 0.3) is 0 Å². The molecule has 2 aromatic rings. The van der Waals surface area contributed by atoms with Gasteiger partial charge in [0.15, 0.2) is 5.84 Å². The van der Waals surface area contributed by atoms with E-state index in [1.54, 1.807) is 24.3 Å². The van der Waals surface area contributed by atoms with Gasteiger partial charge in [0.2, 0.25) is 21.8 Å². The maximum absolute atomic E-state index is 13.4. The molecule has 0 bridgehead atoms. The Morgan fingerprint density at radius 1 is 1.14 bits per heavy atom. The Bertz CT molecular complexity index is 1150. The third-order valence-corrected chi connectivity index (χ3v) is 7.35. The predicted molar refractivity (Wildman–Crippen MR) is 132 cm³/mol. The summed E-state index contributed by atoms with van der Waals surface area (Å²) >= 11 is 0. The summed E-state index contributed by atoms with van der Waals surface area (Å²) in [6, 6.07) is 14.3. The molecule has 11 heteroatoms. The molecule has 0 spiro atoms. The fourth-order valence-electron chi connectivity index (χ4n) is 3.99. The van der Waals surface area contributed by atoms with Crippen molar-refractivity contribution in [2.45, 2.75) is 44.8 Å². The molecule has 1 fully saturated rings. The fraction of sp³-hybridized carbons (Fsp3) is 0.375. The lowest BCUT2D eigenvalue weighted by Gasteiger charge is -2.28. The third kappa shape index (κ3) is 7.03. The quantitative estimate of drug-likeness (QED) is 0.164. The molecule has 1 saturated heterocycles. The van der Waals surface area contributed by atoms with Crippen molar-refractivity contribution in [2.75, 3.05) is 12.3 Å². The molecular formula is C24H31N5O5S. The summed E-state index contributed by atoms with van der Waals surface area (Å²) in [6.07, 6.45) is 1.34. The van der Waals surface area contributed by atoms with Crippen LogP contribution in [0.5, 0.6) is 0 Å². The molecule has 0 aromatic heterocycles. The van der Waals surface area contributed by atoms with Gasteiger partial charge in [-0.05, 0) is 37.3 Å². The van der Waals surface area contributed by atoms with Gasteiger partial charge in [-0.1, -0.05) is 59.8 Å². The zero-order valence-corrected chi connectivity index (χ0v) is 20.4. The molecule has 1 aliphatic heterocycles. The molecule has 35 heavy (non-hydrogen) atoms. The molecule has 1 aliphatic rings. The first-order chi connectivity index (χ1) is 16.7. The van der Waals surface area contributed by atoms with E-state index < -0.39 is 28.0 Å². The molecule has 0 saturated carbocycles. The third-order valence-electron chi connectivity index (χ3n) is 5.95. The number of carbonyl (C=O) groups is 2. The minimum atomic E-state index is -3.64. The molecule has 5 N–H and O–H groups in total. The van der Waals surface area contributed by atoms with Crippen molar-refractivity contribution in [1.29, 1.82) is 0 Å². The summed E-state index contributed by atoms with van der Waals surface area (Å²) in [5.41, 5.74) is 7.74. The number of nitrogens with zero attached hydrogens (tertiary/aromatic N) is 2. The second kappa shape index (κ2) is 11.8. The number of hydrogen-bond donors (Lipinski definition) is 4. The van der Waals surface area contributed by atoms with Gasteiger partial charge in [0.1, 0.15) is 12.1 Å². The molecular weight excluding hydrogens is 470 g/mol. The number of nitrogens with two attached hydrogens (primary N) is 1. The van der Waals surface area contributed by atoms with Gasteiger partial charge in [-0.3, -0.25) is 9.59 Å². The molecule has 2 aromatic carbocycles. The first-order valence-corrected chi connectivity index (χ1v) is 13.1. The van der Waals surface area contributed by atoms with E-state index in [0.717, 1.165) is 11.1 Å². The lowest BCUT2D eigenvalue weighted by atomic mass is 10.0. The summed E-state index contributed by atoms with van der Waals surface area (Å²) in [5, 5.41) is 14.6. The van der Waals surface area contributed by atoms with Crippen molar-refractivity contribution in [3.05, 3.63) is 71.3 Å². The maximum Gasteiger partial charge on any atom is 0.243 e. The molecule has 1 heterocycles. The Labute approximate surface area is 205 Å². The number of benzene rings is 2. The minimum Gasteiger partial charge on any atom is -0.409 e. The van der Waals surface area contributed by atoms with Gasteiger partial charge in [-0.25, -0.2) is 13.1 Å². The van der Waals surface area contributed by atoms with Crippen molar-refractivity contribution < 1.29 is 23.2 Å². The Morgan fingerprint density at radius 3 is 2.46 bits per heavy atom. The van der Waals surface area contributed by atoms with Crippen LogP contribution in [0.1, 0.15) is 36.5 Å². The van der Waals surface area contributed by atoms with Crippen LogP contribution in [0.25, 0.3) is 0 Å². The van der Waals surface area contributed by atoms with Crippen LogP contribution in [0.4, 0.5) is 0 Å². The maximum atomic E-state index is 13.4. The summed E-state index contributed by atoms with van der Waals surface area (Å²) in [7, 11) is -3.64. The average Bonchev–Trinajstić information content (AvgIpc) is 3.37. The zero-order valence-electron chi connectivity index (χ0n) is 19.6. The highest BCUT2D eigenvalue weighted by molar-refractivity contribution is 7.89. The normalized spacial score (nSPS) is 17.2. The molecule has 0 unspecified atom stereocenters. The van der Waals surface area contributed by atoms with Crippen LogP contribution in [-0.2, 0) is 32.6 Å². The number of oxime groups is 1. The summed E-state index contributed by atoms with van der Waals surface area (Å²) in [6.45, 7) is 2.13. The number of carbonyl (C=O) groups excluding carboxylic acids is 2. The highest BCUT2D eigenvalue weighted by Crippen LogP contribution is 2.20. The number of rotatable bonds is 10. The fourth-order valence-corrected chi connectivity index (χ4v) is 4.77. The standard InChI is InChI=1S/C24H31N5O5S/c1-2-35(33,34)28-20(15-17-7-4-3-5-8-17)24(31)29-14-6-9-21(29)23(30)26-16-18-10-12-19(13-11-18)22(25)27-32/h3-5,7-8,10-13,20-21,28,32H,2,6,9,14-16H2,1H3,(H2,25,27)(H,26,30)/t20-,21+/m1/s1. The molecule has 2 atom stereocenters. The number of amides is 2. The summed E-state index contributed by atoms with van der Waals surface area (Å²) in [4.78, 5) is 27.9. The van der Waals surface area contributed by atoms with Crippen molar-refractivity contribution in [2.24, 2.45) is 10.9 Å². The van der Waals surface area contributed by atoms with Crippen LogP contribution in [0.3, 0.4) is 0 Å². The van der Waals surface area contributed by atoms with Gasteiger partial charge < -0.3 is 21.2 Å². The van der Waals surface area contributed by atoms with Crippen LogP contribution in [0, 0.1) is 0 Å². The van der Waals surface area contributed by atoms with E-state index in [0.29, 0.717) is 24.9 Å². The van der Waals surface area contributed by atoms with Crippen LogP contribution >= 0.6 is 0 Å². The van der Waals surface area contributed by atoms with Gasteiger partial charge in [-0.2, -0.15) is 0 Å². The Hall–Kier alpha value is -3.44. The Balaban J connectivity index is 1.69. The van der Waals surface area contributed by atoms with Crippen molar-refractivity contribution in [3.63, 3.8) is 0 Å². The molecule has 188 valence electrons. The molecule has 0 radical (unpaired) electrons. The van der Waals surface area contributed by atoms with Crippen LogP contribution in [-0.4, -0.2) is 60.6 Å². The van der Waals surface area contributed by atoms with Crippen LogP contribution in [0.2, 0.25) is 0 Å². The Kier molecular flexibility index (Phi) is 8.83. The molecule has 10 nitrogen and oxygen atoms in total. The van der Waals surface area contributed by atoms with E-state index >= 15 is 0 Å². The SMILES string of the molecule is CCS(=O)(=O)N[C@H](Cc1ccccc1)C(=O)N1CCC[C@H]1C(=O)NCc1ccc(C(N)=NO)cc1. The number of sulfonamides is 1. The van der Waals surface area contributed by atoms with Crippen molar-refractivity contribution in [3.8, 4) is 0 Å². The number of nitrogens with one attached hydrogen (secondary N) is 2. The topological polar surface area (TPSA) is 154 Å². The monoisotopic (exact) mass is 501 g/mol. The van der Waals surface area contributed by atoms with E-state index in [9.17, 15) is 18.0 Å². The van der Waals surface area contributed by atoms with Gasteiger partial charge in [-0.15, -0.1) is 0 Å². The number of hydrogen-bond acceptors (Lipinski definition) is 6. The van der Waals surface area contributed by atoms with E-state index in [-0.39, 0.29) is 30.5 Å². The smallest absolute Gasteiger partial charge is 0.243 e. The van der Waals surface area contributed by atoms with Gasteiger partial charge in [0.05, 0.1) is 5.75 Å². The molecule has 0 aliphatic carbocycles. The van der Waals surface area contributed by atoms with Crippen LogP contribution in [0.15, 0.2) is 59.8 Å². The van der Waals surface area contributed by atoms with Crippen molar-refractivity contribution >= 4 is 27.7 Å². The molecule has 3 rings (SSSR count). The van der Waals surface area contributed by atoms with Crippen LogP contribution < -0.4 is 15.8 Å². The van der Waals surface area contributed by atoms with Gasteiger partial charge >= 0.3 is 0 Å². The second-order valence-electron chi connectivity index (χ2n) is 8.35. The van der Waals surface area contributed by atoms with Crippen molar-refractivity contribution in [1.82, 2.24) is 14.9 Å². The van der Waals surface area contributed by atoms with E-state index in [2.05, 4.69) is 15.2 Å². The van der Waals surface area contributed by atoms with E-state index in [4.69, 9.17) is 10.9 Å². The minimum absolute atomic E-state index is 0.00977. The van der Waals surface area contributed by atoms with Gasteiger partial charge in [0, 0.05) is 18.7 Å². The number of amidine groups is 1. The number of likely N-dealkylation sites (tertiary alicyclic amines) is 1. The first-order valence-electron chi connectivity index (χ1n) is 11.4. The largest absolute Gasteiger partial charge is 0.409 e. The summed E-state index contributed by atoms with van der Waals surface area (Å²) in [5.74, 6) is -0.867. The zero-order chi connectivity index (χ0) is 25.4. The average molecular weight is 502 g/mol. The highest BCUT2D eigenvalue weighted by atomic mass is 32.2. The Morgan fingerprint density at radius 2 is 1.83 bits per heavy atom. The van der Waals surface area contributed by atoms with E-state index in [1.807, 2.05) is 30.3 Å². The molecule has 2 amide bonds. The van der Waals surface area contributed by atoms with E-state index in [1.165, 1.54) is 11.8 Å². The second-order valence-corrected chi connectivity index (χ2v) is 10.4. The summed E-state index contributed by atoms with van der Waals surface area (Å²) < 4.78 is 27.1. The highest BCUT2D eigenvalue weighted by Gasteiger charge is 2.38. The lowest BCUT2D eigenvalue weighted by molar-refractivity contribution is -0.139. The lowest BCUT2D eigenvalue weighted by Crippen LogP contribution is -2.54. The first kappa shape index (κ1) is 26.2.